The number of rotatable bonds is 10. The summed E-state index contributed by atoms with van der Waals surface area (Å²) < 4.78 is 0. The van der Waals surface area contributed by atoms with Crippen LogP contribution in [-0.4, -0.2) is 17.7 Å². The fourth-order valence-electron chi connectivity index (χ4n) is 4.68. The Morgan fingerprint density at radius 2 is 1.33 bits per heavy atom. The summed E-state index contributed by atoms with van der Waals surface area (Å²) in [6.07, 6.45) is 1.65. The Hall–Kier alpha value is -5.40. The van der Waals surface area contributed by atoms with E-state index >= 15 is 0 Å². The van der Waals surface area contributed by atoms with Crippen molar-refractivity contribution in [2.45, 2.75) is 30.9 Å². The van der Waals surface area contributed by atoms with Gasteiger partial charge in [0.25, 0.3) is 11.8 Å². The minimum atomic E-state index is -0.545. The van der Waals surface area contributed by atoms with Crippen LogP contribution in [0.2, 0.25) is 0 Å². The van der Waals surface area contributed by atoms with Gasteiger partial charge in [0.15, 0.2) is 0 Å². The summed E-state index contributed by atoms with van der Waals surface area (Å²) >= 11 is 1.39. The van der Waals surface area contributed by atoms with Crippen molar-refractivity contribution in [1.82, 2.24) is 5.32 Å². The molecule has 5 rings (SSSR count). The number of benzene rings is 5. The molecule has 0 saturated carbocycles. The molecule has 3 N–H and O–H groups in total. The second-order valence-corrected chi connectivity index (χ2v) is 12.1. The number of amides is 3. The number of thioether (sulfide) groups is 1. The van der Waals surface area contributed by atoms with E-state index in [1.54, 1.807) is 36.4 Å². The molecule has 0 aliphatic rings. The second kappa shape index (κ2) is 15.1. The quantitative estimate of drug-likeness (QED) is 0.107. The molecule has 0 saturated heterocycles. The summed E-state index contributed by atoms with van der Waals surface area (Å²) in [6, 6.07) is 39.2. The predicted molar refractivity (Wildman–Crippen MR) is 188 cm³/mol. The predicted octanol–water partition coefficient (Wildman–Crippen LogP) is 8.49. The van der Waals surface area contributed by atoms with Gasteiger partial charge in [-0.05, 0) is 91.6 Å². The molecule has 0 bridgehead atoms. The highest BCUT2D eigenvalue weighted by atomic mass is 32.2. The van der Waals surface area contributed by atoms with Gasteiger partial charge in [-0.3, -0.25) is 14.4 Å². The molecule has 0 heterocycles. The third kappa shape index (κ3) is 8.61. The second-order valence-electron chi connectivity index (χ2n) is 11.0. The third-order valence-electron chi connectivity index (χ3n) is 7.38. The molecule has 230 valence electrons. The Kier molecular flexibility index (Phi) is 10.5. The largest absolute Gasteiger partial charge is 0.325 e. The minimum absolute atomic E-state index is 0.102. The van der Waals surface area contributed by atoms with E-state index in [1.807, 2.05) is 118 Å². The van der Waals surface area contributed by atoms with Crippen LogP contribution in [0.25, 0.3) is 6.08 Å². The summed E-state index contributed by atoms with van der Waals surface area (Å²) in [5.74, 6) is -1.01. The number of hydrogen-bond acceptors (Lipinski definition) is 4. The van der Waals surface area contributed by atoms with Crippen molar-refractivity contribution in [3.8, 4) is 0 Å². The minimum Gasteiger partial charge on any atom is -0.325 e. The summed E-state index contributed by atoms with van der Waals surface area (Å²) in [7, 11) is 0. The Labute approximate surface area is 274 Å². The van der Waals surface area contributed by atoms with Gasteiger partial charge in [0.05, 0.1) is 0 Å². The van der Waals surface area contributed by atoms with E-state index in [1.165, 1.54) is 11.8 Å². The zero-order chi connectivity index (χ0) is 32.5. The molecule has 0 aromatic heterocycles. The van der Waals surface area contributed by atoms with E-state index in [0.717, 1.165) is 38.4 Å². The van der Waals surface area contributed by atoms with Crippen LogP contribution in [0.5, 0.6) is 0 Å². The highest BCUT2D eigenvalue weighted by Gasteiger charge is 2.23. The van der Waals surface area contributed by atoms with Gasteiger partial charge in [-0.15, -0.1) is 11.8 Å². The van der Waals surface area contributed by atoms with Gasteiger partial charge in [-0.2, -0.15) is 0 Å². The van der Waals surface area contributed by atoms with Gasteiger partial charge in [0.1, 0.15) is 10.9 Å². The molecular weight excluding hydrogens is 591 g/mol. The molecule has 5 aromatic carbocycles. The summed E-state index contributed by atoms with van der Waals surface area (Å²) in [5.41, 5.74) is 6.77. The van der Waals surface area contributed by atoms with Crippen LogP contribution in [0.15, 0.2) is 138 Å². The van der Waals surface area contributed by atoms with Crippen LogP contribution >= 0.6 is 11.8 Å². The number of anilines is 2. The van der Waals surface area contributed by atoms with Gasteiger partial charge in [-0.1, -0.05) is 90.5 Å². The lowest BCUT2D eigenvalue weighted by Crippen LogP contribution is -2.30. The number of aryl methyl sites for hydroxylation is 3. The SMILES string of the molecule is Cc1ccc(/C=C(\NC(=O)c2ccccc2)C(=O)Nc2cccc(SC(C(=O)Nc3ccc(C)c(C)c3)c3ccccc3)c2)cc1. The average molecular weight is 626 g/mol. The van der Waals surface area contributed by atoms with Crippen LogP contribution in [0.1, 0.15) is 43.4 Å². The fourth-order valence-corrected chi connectivity index (χ4v) is 5.76. The number of carbonyl (C=O) groups is 3. The Balaban J connectivity index is 1.37. The highest BCUT2D eigenvalue weighted by Crippen LogP contribution is 2.37. The van der Waals surface area contributed by atoms with E-state index in [2.05, 4.69) is 16.0 Å². The lowest BCUT2D eigenvalue weighted by atomic mass is 10.1. The van der Waals surface area contributed by atoms with Crippen molar-refractivity contribution in [2.75, 3.05) is 10.6 Å². The first-order valence-electron chi connectivity index (χ1n) is 14.9. The van der Waals surface area contributed by atoms with E-state index < -0.39 is 11.2 Å². The maximum Gasteiger partial charge on any atom is 0.272 e. The maximum absolute atomic E-state index is 13.6. The van der Waals surface area contributed by atoms with Crippen LogP contribution in [0.3, 0.4) is 0 Å². The topological polar surface area (TPSA) is 87.3 Å². The zero-order valence-electron chi connectivity index (χ0n) is 25.9. The molecule has 6 nitrogen and oxygen atoms in total. The maximum atomic E-state index is 13.6. The molecule has 0 aliphatic carbocycles. The first kappa shape index (κ1) is 32.0. The van der Waals surface area contributed by atoms with Gasteiger partial charge in [-0.25, -0.2) is 0 Å². The molecule has 3 amide bonds. The molecule has 46 heavy (non-hydrogen) atoms. The van der Waals surface area contributed by atoms with Crippen LogP contribution in [0.4, 0.5) is 11.4 Å². The molecule has 7 heteroatoms. The van der Waals surface area contributed by atoms with E-state index in [0.29, 0.717) is 11.3 Å². The van der Waals surface area contributed by atoms with Crippen molar-refractivity contribution in [2.24, 2.45) is 0 Å². The molecule has 5 aromatic rings. The van der Waals surface area contributed by atoms with Crippen LogP contribution in [0, 0.1) is 20.8 Å². The van der Waals surface area contributed by atoms with Crippen molar-refractivity contribution < 1.29 is 14.4 Å². The summed E-state index contributed by atoms with van der Waals surface area (Å²) in [4.78, 5) is 41.0. The standard InChI is InChI=1S/C39H35N3O3S/c1-26-17-20-29(21-18-26)24-35(42-37(43)31-13-8-5-9-14-31)38(44)40-32-15-10-16-34(25-32)46-36(30-11-6-4-7-12-30)39(45)41-33-22-19-27(2)28(3)23-33/h4-25,36H,1-3H3,(H,40,44)(H,41,45)(H,42,43)/b35-24-. The summed E-state index contributed by atoms with van der Waals surface area (Å²) in [6.45, 7) is 6.04. The molecule has 0 spiro atoms. The number of hydrogen-bond donors (Lipinski definition) is 3. The zero-order valence-corrected chi connectivity index (χ0v) is 26.7. The van der Waals surface area contributed by atoms with Crippen molar-refractivity contribution in [3.63, 3.8) is 0 Å². The Morgan fingerprint density at radius 3 is 2.02 bits per heavy atom. The Morgan fingerprint density at radius 1 is 0.652 bits per heavy atom. The van der Waals surface area contributed by atoms with Crippen molar-refractivity contribution in [1.29, 1.82) is 0 Å². The van der Waals surface area contributed by atoms with Crippen LogP contribution < -0.4 is 16.0 Å². The smallest absolute Gasteiger partial charge is 0.272 e. The molecule has 0 fully saturated rings. The van der Waals surface area contributed by atoms with Crippen molar-refractivity contribution >= 4 is 46.9 Å². The first-order chi connectivity index (χ1) is 22.2. The van der Waals surface area contributed by atoms with Gasteiger partial charge in [0.2, 0.25) is 5.91 Å². The molecule has 1 unspecified atom stereocenters. The molecule has 1 atom stereocenters. The molecule has 0 aliphatic heterocycles. The van der Waals surface area contributed by atoms with E-state index in [9.17, 15) is 14.4 Å². The average Bonchev–Trinajstić information content (AvgIpc) is 3.07. The first-order valence-corrected chi connectivity index (χ1v) is 15.8. The van der Waals surface area contributed by atoms with Gasteiger partial charge in [0, 0.05) is 21.8 Å². The normalized spacial score (nSPS) is 11.8. The molecule has 0 radical (unpaired) electrons. The monoisotopic (exact) mass is 625 g/mol. The fraction of sp³-hybridized carbons (Fsp3) is 0.103. The summed E-state index contributed by atoms with van der Waals surface area (Å²) in [5, 5.41) is 8.24. The number of nitrogens with one attached hydrogen (secondary N) is 3. The van der Waals surface area contributed by atoms with Gasteiger partial charge >= 0.3 is 0 Å². The van der Waals surface area contributed by atoms with E-state index in [4.69, 9.17) is 0 Å². The molecular formula is C39H35N3O3S. The Bertz CT molecular complexity index is 1870. The third-order valence-corrected chi connectivity index (χ3v) is 8.63. The van der Waals surface area contributed by atoms with Crippen LogP contribution in [-0.2, 0) is 9.59 Å². The lowest BCUT2D eigenvalue weighted by molar-refractivity contribution is -0.116. The van der Waals surface area contributed by atoms with Crippen molar-refractivity contribution in [3.05, 3.63) is 166 Å². The highest BCUT2D eigenvalue weighted by molar-refractivity contribution is 8.00. The van der Waals surface area contributed by atoms with E-state index in [-0.39, 0.29) is 17.5 Å². The number of carbonyl (C=O) groups excluding carboxylic acids is 3. The van der Waals surface area contributed by atoms with Gasteiger partial charge < -0.3 is 16.0 Å². The lowest BCUT2D eigenvalue weighted by Gasteiger charge is -2.18.